The van der Waals surface area contributed by atoms with Gasteiger partial charge in [0.1, 0.15) is 0 Å². The Bertz CT molecular complexity index is 448. The Labute approximate surface area is 120 Å². The first kappa shape index (κ1) is 12.6. The van der Waals surface area contributed by atoms with Gasteiger partial charge in [-0.05, 0) is 47.4 Å². The van der Waals surface area contributed by atoms with Crippen molar-refractivity contribution in [3.05, 3.63) is 20.8 Å². The van der Waals surface area contributed by atoms with Crippen LogP contribution in [-0.4, -0.2) is 47.9 Å². The van der Waals surface area contributed by atoms with Crippen LogP contribution in [0.3, 0.4) is 0 Å². The van der Waals surface area contributed by atoms with Gasteiger partial charge in [0.25, 0.3) is 5.91 Å². The lowest BCUT2D eigenvalue weighted by atomic mass is 9.99. The van der Waals surface area contributed by atoms with Gasteiger partial charge in [0, 0.05) is 25.7 Å². The number of hydrogen-bond donors (Lipinski definition) is 0. The van der Waals surface area contributed by atoms with Crippen molar-refractivity contribution < 1.29 is 4.79 Å². The zero-order valence-electron chi connectivity index (χ0n) is 10.3. The van der Waals surface area contributed by atoms with E-state index in [-0.39, 0.29) is 5.91 Å². The summed E-state index contributed by atoms with van der Waals surface area (Å²) in [7, 11) is 0. The summed E-state index contributed by atoms with van der Waals surface area (Å²) in [6.07, 6.45) is 3.88. The van der Waals surface area contributed by atoms with Gasteiger partial charge in [0.2, 0.25) is 0 Å². The molecule has 2 aliphatic heterocycles. The highest BCUT2D eigenvalue weighted by molar-refractivity contribution is 9.11. The van der Waals surface area contributed by atoms with Crippen LogP contribution in [0.2, 0.25) is 0 Å². The first-order valence-electron chi connectivity index (χ1n) is 6.53. The van der Waals surface area contributed by atoms with E-state index in [1.165, 1.54) is 37.1 Å². The van der Waals surface area contributed by atoms with E-state index in [0.29, 0.717) is 6.04 Å². The summed E-state index contributed by atoms with van der Waals surface area (Å²) in [5, 5.41) is 0. The van der Waals surface area contributed by atoms with Gasteiger partial charge in [0.05, 0.1) is 8.66 Å². The van der Waals surface area contributed by atoms with E-state index in [9.17, 15) is 4.79 Å². The summed E-state index contributed by atoms with van der Waals surface area (Å²) in [5.74, 6) is 0.205. The van der Waals surface area contributed by atoms with Gasteiger partial charge in [-0.25, -0.2) is 0 Å². The summed E-state index contributed by atoms with van der Waals surface area (Å²) in [5.41, 5.74) is 0. The third-order valence-electron chi connectivity index (χ3n) is 3.91. The lowest BCUT2D eigenvalue weighted by Gasteiger charge is -2.43. The molecule has 1 aromatic heterocycles. The van der Waals surface area contributed by atoms with Gasteiger partial charge in [-0.2, -0.15) is 0 Å². The molecule has 0 N–H and O–H groups in total. The smallest absolute Gasteiger partial charge is 0.264 e. The molecule has 0 spiro atoms. The molecular formula is C13H17BrN2OS. The minimum absolute atomic E-state index is 0.205. The lowest BCUT2D eigenvalue weighted by molar-refractivity contribution is 0.0376. The highest BCUT2D eigenvalue weighted by atomic mass is 79.9. The Balaban J connectivity index is 1.68. The highest BCUT2D eigenvalue weighted by Gasteiger charge is 2.31. The molecular weight excluding hydrogens is 312 g/mol. The topological polar surface area (TPSA) is 23.6 Å². The molecule has 5 heteroatoms. The van der Waals surface area contributed by atoms with Gasteiger partial charge < -0.3 is 4.90 Å². The third kappa shape index (κ3) is 2.49. The number of rotatable bonds is 1. The fourth-order valence-corrected chi connectivity index (χ4v) is 4.28. The van der Waals surface area contributed by atoms with E-state index >= 15 is 0 Å². The van der Waals surface area contributed by atoms with Gasteiger partial charge in [-0.1, -0.05) is 6.42 Å². The van der Waals surface area contributed by atoms with E-state index in [1.54, 1.807) is 0 Å². The molecule has 98 valence electrons. The van der Waals surface area contributed by atoms with Gasteiger partial charge in [0.15, 0.2) is 0 Å². The molecule has 3 heterocycles. The molecule has 18 heavy (non-hydrogen) atoms. The van der Waals surface area contributed by atoms with Crippen molar-refractivity contribution in [2.45, 2.75) is 25.3 Å². The van der Waals surface area contributed by atoms with Crippen LogP contribution >= 0.6 is 27.3 Å². The number of carbonyl (C=O) groups excluding carboxylic acids is 1. The Morgan fingerprint density at radius 3 is 2.94 bits per heavy atom. The lowest BCUT2D eigenvalue weighted by Crippen LogP contribution is -2.56. The molecule has 0 bridgehead atoms. The maximum absolute atomic E-state index is 12.4. The van der Waals surface area contributed by atoms with Gasteiger partial charge in [-0.15, -0.1) is 11.3 Å². The Morgan fingerprint density at radius 2 is 2.17 bits per heavy atom. The maximum Gasteiger partial charge on any atom is 0.264 e. The van der Waals surface area contributed by atoms with E-state index < -0.39 is 0 Å². The Kier molecular flexibility index (Phi) is 3.73. The average molecular weight is 329 g/mol. The van der Waals surface area contributed by atoms with Crippen LogP contribution in [0.15, 0.2) is 15.9 Å². The minimum Gasteiger partial charge on any atom is -0.335 e. The first-order chi connectivity index (χ1) is 8.74. The molecule has 1 amide bonds. The number of piperidine rings is 1. The quantitative estimate of drug-likeness (QED) is 0.791. The number of fused-ring (bicyclic) bond motifs is 1. The monoisotopic (exact) mass is 328 g/mol. The normalized spacial score (nSPS) is 24.9. The van der Waals surface area contributed by atoms with Crippen LogP contribution in [0.4, 0.5) is 0 Å². The van der Waals surface area contributed by atoms with Crippen molar-refractivity contribution in [2.75, 3.05) is 26.2 Å². The van der Waals surface area contributed by atoms with Crippen molar-refractivity contribution >= 4 is 33.2 Å². The standard InChI is InChI=1S/C13H17BrN2OS/c14-12-5-4-11(18-12)13(17)16-8-7-15-6-2-1-3-10(15)9-16/h4-5,10H,1-3,6-9H2/t10-/m0/s1. The minimum atomic E-state index is 0.205. The third-order valence-corrected chi connectivity index (χ3v) is 5.52. The summed E-state index contributed by atoms with van der Waals surface area (Å²) in [6, 6.07) is 4.47. The van der Waals surface area contributed by atoms with Crippen LogP contribution < -0.4 is 0 Å². The summed E-state index contributed by atoms with van der Waals surface area (Å²) < 4.78 is 1.03. The SMILES string of the molecule is O=C(c1ccc(Br)s1)N1CCN2CCCC[C@H]2C1. The van der Waals surface area contributed by atoms with Gasteiger partial charge in [-0.3, -0.25) is 9.69 Å². The second kappa shape index (κ2) is 5.31. The van der Waals surface area contributed by atoms with E-state index in [1.807, 2.05) is 17.0 Å². The molecule has 0 radical (unpaired) electrons. The van der Waals surface area contributed by atoms with Crippen molar-refractivity contribution in [2.24, 2.45) is 0 Å². The Hall–Kier alpha value is -0.390. The second-order valence-corrected chi connectivity index (χ2v) is 7.50. The molecule has 2 saturated heterocycles. The van der Waals surface area contributed by atoms with Crippen LogP contribution in [0.1, 0.15) is 28.9 Å². The largest absolute Gasteiger partial charge is 0.335 e. The molecule has 2 fully saturated rings. The predicted octanol–water partition coefficient (Wildman–Crippen LogP) is 2.82. The van der Waals surface area contributed by atoms with E-state index in [4.69, 9.17) is 0 Å². The molecule has 3 nitrogen and oxygen atoms in total. The zero-order valence-corrected chi connectivity index (χ0v) is 12.7. The van der Waals surface area contributed by atoms with Crippen molar-refractivity contribution in [1.29, 1.82) is 0 Å². The molecule has 0 aliphatic carbocycles. The average Bonchev–Trinajstić information content (AvgIpc) is 2.84. The molecule has 0 saturated carbocycles. The number of nitrogens with zero attached hydrogens (tertiary/aromatic N) is 2. The van der Waals surface area contributed by atoms with Crippen LogP contribution in [0, 0.1) is 0 Å². The van der Waals surface area contributed by atoms with Crippen molar-refractivity contribution in [3.63, 3.8) is 0 Å². The molecule has 0 unspecified atom stereocenters. The van der Waals surface area contributed by atoms with Crippen LogP contribution in [-0.2, 0) is 0 Å². The summed E-state index contributed by atoms with van der Waals surface area (Å²) in [4.78, 5) is 17.8. The molecule has 0 aromatic carbocycles. The van der Waals surface area contributed by atoms with E-state index in [2.05, 4.69) is 20.8 Å². The maximum atomic E-state index is 12.4. The number of hydrogen-bond acceptors (Lipinski definition) is 3. The highest BCUT2D eigenvalue weighted by Crippen LogP contribution is 2.26. The molecule has 1 atom stereocenters. The first-order valence-corrected chi connectivity index (χ1v) is 8.13. The number of carbonyl (C=O) groups is 1. The number of piperazine rings is 1. The Morgan fingerprint density at radius 1 is 1.28 bits per heavy atom. The van der Waals surface area contributed by atoms with Crippen molar-refractivity contribution in [1.82, 2.24) is 9.80 Å². The van der Waals surface area contributed by atoms with Crippen LogP contribution in [0.5, 0.6) is 0 Å². The second-order valence-electron chi connectivity index (χ2n) is 5.04. The van der Waals surface area contributed by atoms with Gasteiger partial charge >= 0.3 is 0 Å². The molecule has 1 aromatic rings. The fourth-order valence-electron chi connectivity index (χ4n) is 2.93. The number of amides is 1. The summed E-state index contributed by atoms with van der Waals surface area (Å²) in [6.45, 7) is 4.05. The molecule has 3 rings (SSSR count). The zero-order chi connectivity index (χ0) is 12.5. The number of thiophene rings is 1. The predicted molar refractivity (Wildman–Crippen MR) is 77.1 cm³/mol. The molecule has 2 aliphatic rings. The fraction of sp³-hybridized carbons (Fsp3) is 0.615. The number of halogens is 1. The van der Waals surface area contributed by atoms with Crippen molar-refractivity contribution in [3.8, 4) is 0 Å². The van der Waals surface area contributed by atoms with Crippen LogP contribution in [0.25, 0.3) is 0 Å². The summed E-state index contributed by atoms with van der Waals surface area (Å²) >= 11 is 4.95. The van der Waals surface area contributed by atoms with E-state index in [0.717, 1.165) is 28.3 Å².